The molecule has 0 saturated carbocycles. The van der Waals surface area contributed by atoms with Crippen molar-refractivity contribution in [3.05, 3.63) is 0 Å². The maximum atomic E-state index is 6.28. The molecule has 36 N–H and O–H groups in total. The highest BCUT2D eigenvalue weighted by atomic mass is 16.6. The van der Waals surface area contributed by atoms with E-state index in [1.165, 1.54) is 0 Å². The van der Waals surface area contributed by atoms with E-state index in [2.05, 4.69) is 0 Å². The summed E-state index contributed by atoms with van der Waals surface area (Å²) in [6.07, 6.45) is 0. The predicted octanol–water partition coefficient (Wildman–Crippen LogP) is -6.44. The molecule has 0 aromatic heterocycles. The largest absolute Gasteiger partial charge is 0.380 e. The lowest BCUT2D eigenvalue weighted by molar-refractivity contribution is -0.140. The zero-order valence-electron chi connectivity index (χ0n) is 67.2. The van der Waals surface area contributed by atoms with Crippen LogP contribution < -0.4 is 103 Å². The van der Waals surface area contributed by atoms with Crippen molar-refractivity contribution in [1.82, 2.24) is 0 Å². The van der Waals surface area contributed by atoms with Crippen LogP contribution in [0.25, 0.3) is 0 Å². The van der Waals surface area contributed by atoms with Crippen LogP contribution in [0.3, 0.4) is 0 Å². The van der Waals surface area contributed by atoms with Crippen LogP contribution in [0.4, 0.5) is 0 Å². The van der Waals surface area contributed by atoms with Gasteiger partial charge in [0.1, 0.15) is 0 Å². The summed E-state index contributed by atoms with van der Waals surface area (Å²) in [7, 11) is 0. The monoisotopic (exact) mass is 1550 g/mol. The molecule has 0 heterocycles. The lowest BCUT2D eigenvalue weighted by Gasteiger charge is -2.36. The summed E-state index contributed by atoms with van der Waals surface area (Å²) in [6.45, 7) is 35.1. The molecular weight excluding hydrogens is 1380 g/mol. The van der Waals surface area contributed by atoms with Crippen LogP contribution in [-0.2, 0) is 90.0 Å². The number of nitrogens with two attached hydrogens (primary N) is 18. The topological polar surface area (TPSA) is 644 Å². The minimum absolute atomic E-state index is 0.0438. The molecule has 0 aromatic rings. The van der Waals surface area contributed by atoms with Crippen LogP contribution in [0.1, 0.15) is 55.4 Å². The lowest BCUT2D eigenvalue weighted by atomic mass is 9.90. The summed E-state index contributed by atoms with van der Waals surface area (Å²) < 4.78 is 110. The predicted molar refractivity (Wildman–Crippen MR) is 417 cm³/mol. The molecule has 0 amide bonds. The average Bonchev–Trinajstić information content (AvgIpc) is 0.855. The Hall–Kier alpha value is -1.48. The molecule has 0 aliphatic heterocycles. The van der Waals surface area contributed by atoms with Gasteiger partial charge in [0.05, 0.1) is 278 Å². The molecule has 8 unspecified atom stereocenters. The summed E-state index contributed by atoms with van der Waals surface area (Å²) in [5.41, 5.74) is 99.2. The Morgan fingerprint density at radius 1 is 0.151 bits per heavy atom. The molecule has 37 nitrogen and oxygen atoms in total. The maximum absolute atomic E-state index is 6.28. The molecular formula is C69H164N18O19. The molecule has 0 bridgehead atoms. The van der Waals surface area contributed by atoms with Crippen LogP contribution in [0, 0.1) is 27.1 Å². The van der Waals surface area contributed by atoms with E-state index >= 15 is 0 Å². The van der Waals surface area contributed by atoms with Crippen LogP contribution in [-0.4, -0.2) is 365 Å². The first-order chi connectivity index (χ1) is 50.6. The first-order valence-corrected chi connectivity index (χ1v) is 37.7. The van der Waals surface area contributed by atoms with Crippen LogP contribution in [0.2, 0.25) is 0 Å². The van der Waals surface area contributed by atoms with Gasteiger partial charge in [-0.3, -0.25) is 0 Å². The van der Waals surface area contributed by atoms with Crippen LogP contribution in [0.5, 0.6) is 0 Å². The van der Waals surface area contributed by atoms with Gasteiger partial charge in [0.25, 0.3) is 0 Å². The molecule has 106 heavy (non-hydrogen) atoms. The molecule has 8 atom stereocenters. The zero-order chi connectivity index (χ0) is 80.5. The third-order valence-corrected chi connectivity index (χ3v) is 13.8. The van der Waals surface area contributed by atoms with Gasteiger partial charge < -0.3 is 193 Å². The summed E-state index contributed by atoms with van der Waals surface area (Å²) in [6, 6.07) is -0.351. The van der Waals surface area contributed by atoms with Crippen molar-refractivity contribution in [2.24, 2.45) is 130 Å². The minimum Gasteiger partial charge on any atom is -0.380 e. The van der Waals surface area contributed by atoms with E-state index in [0.29, 0.717) is 317 Å². The minimum atomic E-state index is -0.584. The van der Waals surface area contributed by atoms with Crippen LogP contribution in [0.15, 0.2) is 0 Å². The highest BCUT2D eigenvalue weighted by molar-refractivity contribution is 4.86. The van der Waals surface area contributed by atoms with Gasteiger partial charge in [-0.2, -0.15) is 0 Å². The molecule has 0 rings (SSSR count). The Morgan fingerprint density at radius 2 is 0.236 bits per heavy atom. The summed E-state index contributed by atoms with van der Waals surface area (Å²) >= 11 is 0. The van der Waals surface area contributed by atoms with E-state index < -0.39 is 27.1 Å². The van der Waals surface area contributed by atoms with E-state index in [0.717, 1.165) is 0 Å². The number of hydrogen-bond acceptors (Lipinski definition) is 37. The maximum Gasteiger partial charge on any atom is 0.0637 e. The smallest absolute Gasteiger partial charge is 0.0637 e. The Balaban J connectivity index is -0.000000666. The lowest BCUT2D eigenvalue weighted by Crippen LogP contribution is -2.46. The molecule has 644 valence electrons. The van der Waals surface area contributed by atoms with Gasteiger partial charge in [0, 0.05) is 114 Å². The highest BCUT2D eigenvalue weighted by Gasteiger charge is 2.39. The van der Waals surface area contributed by atoms with E-state index in [-0.39, 0.29) is 48.3 Å². The molecule has 0 saturated heterocycles. The number of ether oxygens (including phenoxy) is 19. The molecule has 0 fully saturated rings. The van der Waals surface area contributed by atoms with Crippen molar-refractivity contribution >= 4 is 0 Å². The van der Waals surface area contributed by atoms with Crippen LogP contribution >= 0.6 is 0 Å². The van der Waals surface area contributed by atoms with Gasteiger partial charge in [0.2, 0.25) is 0 Å². The Kier molecular flexibility index (Phi) is 79.7. The van der Waals surface area contributed by atoms with Gasteiger partial charge in [-0.15, -0.1) is 0 Å². The Bertz CT molecular complexity index is 1460. The second-order valence-corrected chi connectivity index (χ2v) is 28.3. The molecule has 0 aromatic carbocycles. The first kappa shape index (κ1) is 111. The molecule has 0 aliphatic carbocycles. The van der Waals surface area contributed by atoms with Gasteiger partial charge >= 0.3 is 0 Å². The normalized spacial score (nSPS) is 15.6. The van der Waals surface area contributed by atoms with Gasteiger partial charge in [-0.1, -0.05) is 0 Å². The van der Waals surface area contributed by atoms with E-state index in [9.17, 15) is 0 Å². The Morgan fingerprint density at radius 3 is 0.321 bits per heavy atom. The Labute approximate surface area is 638 Å². The third-order valence-electron chi connectivity index (χ3n) is 13.8. The van der Waals surface area contributed by atoms with Crippen molar-refractivity contribution in [1.29, 1.82) is 0 Å². The summed E-state index contributed by atoms with van der Waals surface area (Å²) in [5, 5.41) is 0. The summed E-state index contributed by atoms with van der Waals surface area (Å²) in [4.78, 5) is 0. The second kappa shape index (κ2) is 76.2. The fraction of sp³-hybridized carbons (Fsp3) is 1.00. The fourth-order valence-electron chi connectivity index (χ4n) is 9.14. The van der Waals surface area contributed by atoms with Gasteiger partial charge in [-0.25, -0.2) is 0 Å². The average molecular weight is 1550 g/mol. The molecule has 0 aliphatic rings. The number of hydrogen-bond donors (Lipinski definition) is 18. The summed E-state index contributed by atoms with van der Waals surface area (Å²) in [5.74, 6) is 0. The van der Waals surface area contributed by atoms with E-state index in [4.69, 9.17) is 193 Å². The molecule has 37 heteroatoms. The van der Waals surface area contributed by atoms with Crippen molar-refractivity contribution < 1.29 is 90.0 Å². The molecule has 0 radical (unpaired) electrons. The van der Waals surface area contributed by atoms with Gasteiger partial charge in [0.15, 0.2) is 0 Å². The SMILES string of the molecule is CC(N)COCC(COCC(C)N)(COCC(C)N)COCC(C)N.CC(N)COCC(COCC(C)N)(COCC(C)N)COCC(C)N.NCCOCC(COCCN)(COCCN)COCC(COCCN)(COCCN)COCCN.NCCOCC(COCCN)(COCCN)COCCN. The van der Waals surface area contributed by atoms with Crippen molar-refractivity contribution in [2.45, 2.75) is 104 Å². The van der Waals surface area contributed by atoms with Crippen molar-refractivity contribution in [2.75, 3.05) is 317 Å². The molecule has 0 spiro atoms. The van der Waals surface area contributed by atoms with Gasteiger partial charge in [-0.05, 0) is 55.4 Å². The quantitative estimate of drug-likeness (QED) is 0.0252. The van der Waals surface area contributed by atoms with E-state index in [1.807, 2.05) is 55.4 Å². The zero-order valence-corrected chi connectivity index (χ0v) is 67.2. The fourth-order valence-corrected chi connectivity index (χ4v) is 9.14. The highest BCUT2D eigenvalue weighted by Crippen LogP contribution is 2.27. The second-order valence-electron chi connectivity index (χ2n) is 28.3. The number of rotatable bonds is 76. The third kappa shape index (κ3) is 70.4. The van der Waals surface area contributed by atoms with E-state index in [1.54, 1.807) is 0 Å². The standard InChI is InChI=1S/C22H52N6O7.2C17H40N4O4.C13H32N4O4/c23-1-7-29-13-21(14-30-8-2-24,15-31-9-3-25)19-35-20-22(16-32-10-4-26,17-33-11-5-27)18-34-12-6-28;2*1-13(18)5-22-9-17(10-23-6-14(2)19,11-24-7-15(3)20)12-25-8-16(4)21;14-1-5-18-9-13(10-19-6-2-15,11-20-7-3-16)12-21-8-4-17/h1-20,23-28H2;2*13-16H,5-12,18-21H2,1-4H3;1-12,14-17H2. The van der Waals surface area contributed by atoms with Crippen molar-refractivity contribution in [3.8, 4) is 0 Å². The first-order valence-electron chi connectivity index (χ1n) is 37.7. The van der Waals surface area contributed by atoms with Crippen molar-refractivity contribution in [3.63, 3.8) is 0 Å².